The molecule has 1 aromatic heterocycles. The lowest BCUT2D eigenvalue weighted by atomic mass is 10.1. The summed E-state index contributed by atoms with van der Waals surface area (Å²) in [6, 6.07) is 4.80. The molecule has 1 saturated heterocycles. The van der Waals surface area contributed by atoms with E-state index in [9.17, 15) is 18.0 Å². The van der Waals surface area contributed by atoms with Crippen molar-refractivity contribution in [3.63, 3.8) is 0 Å². The fourth-order valence-corrected chi connectivity index (χ4v) is 2.89. The highest BCUT2D eigenvalue weighted by molar-refractivity contribution is 8.00. The smallest absolute Gasteiger partial charge is 0.377 e. The number of rotatable bonds is 3. The van der Waals surface area contributed by atoms with Crippen LogP contribution in [0.2, 0.25) is 0 Å². The van der Waals surface area contributed by atoms with E-state index in [1.165, 1.54) is 29.2 Å². The Balaban J connectivity index is 1.77. The van der Waals surface area contributed by atoms with Crippen LogP contribution >= 0.6 is 11.8 Å². The van der Waals surface area contributed by atoms with Crippen LogP contribution < -0.4 is 0 Å². The summed E-state index contributed by atoms with van der Waals surface area (Å²) < 4.78 is 47.1. The number of carbonyl (C=O) groups is 1. The molecule has 0 saturated carbocycles. The Hall–Kier alpha value is -2.07. The molecular weight excluding hydrogens is 347 g/mol. The maximum absolute atomic E-state index is 12.7. The standard InChI is InChI=1S/C14H12F3N3O3S/c15-14(16,17)24-10-3-1-9(2-4-10)13(21)20-5-6-22-7-11(20)12-18-8-23-19-12/h1-4,8,11H,5-7H2/t11-/m0/s1. The minimum atomic E-state index is -4.36. The number of alkyl halides is 3. The van der Waals surface area contributed by atoms with Crippen molar-refractivity contribution in [1.29, 1.82) is 0 Å². The van der Waals surface area contributed by atoms with Gasteiger partial charge in [-0.2, -0.15) is 18.2 Å². The maximum Gasteiger partial charge on any atom is 0.446 e. The van der Waals surface area contributed by atoms with Gasteiger partial charge in [-0.3, -0.25) is 4.79 Å². The number of aromatic nitrogens is 2. The van der Waals surface area contributed by atoms with Gasteiger partial charge in [-0.15, -0.1) is 0 Å². The van der Waals surface area contributed by atoms with Crippen molar-refractivity contribution in [3.8, 4) is 0 Å². The quantitative estimate of drug-likeness (QED) is 0.785. The minimum Gasteiger partial charge on any atom is -0.377 e. The molecule has 1 fully saturated rings. The third-order valence-electron chi connectivity index (χ3n) is 3.40. The molecule has 0 aliphatic carbocycles. The zero-order valence-electron chi connectivity index (χ0n) is 12.2. The van der Waals surface area contributed by atoms with E-state index in [0.717, 1.165) is 6.39 Å². The van der Waals surface area contributed by atoms with Crippen LogP contribution in [0, 0.1) is 0 Å². The van der Waals surface area contributed by atoms with E-state index in [2.05, 4.69) is 10.1 Å². The molecule has 6 nitrogen and oxygen atoms in total. The van der Waals surface area contributed by atoms with Gasteiger partial charge in [-0.1, -0.05) is 5.16 Å². The number of ether oxygens (including phenoxy) is 1. The van der Waals surface area contributed by atoms with Gasteiger partial charge in [-0.25, -0.2) is 0 Å². The SMILES string of the molecule is O=C(c1ccc(SC(F)(F)F)cc1)N1CCOC[C@H]1c1ncon1. The highest BCUT2D eigenvalue weighted by atomic mass is 32.2. The van der Waals surface area contributed by atoms with Crippen molar-refractivity contribution in [2.45, 2.75) is 16.4 Å². The number of thioether (sulfide) groups is 1. The monoisotopic (exact) mass is 359 g/mol. The number of amides is 1. The Bertz CT molecular complexity index is 692. The van der Waals surface area contributed by atoms with Crippen molar-refractivity contribution in [3.05, 3.63) is 42.0 Å². The van der Waals surface area contributed by atoms with Crippen LogP contribution in [-0.2, 0) is 4.74 Å². The van der Waals surface area contributed by atoms with E-state index in [1.54, 1.807) is 0 Å². The molecule has 128 valence electrons. The van der Waals surface area contributed by atoms with Crippen molar-refractivity contribution < 1.29 is 27.2 Å². The van der Waals surface area contributed by atoms with Gasteiger partial charge < -0.3 is 14.2 Å². The highest BCUT2D eigenvalue weighted by Crippen LogP contribution is 2.36. The maximum atomic E-state index is 12.7. The molecule has 2 aromatic rings. The fourth-order valence-electron chi connectivity index (χ4n) is 2.35. The normalized spacial score (nSPS) is 18.6. The van der Waals surface area contributed by atoms with Gasteiger partial charge in [0.05, 0.1) is 13.2 Å². The molecule has 0 unspecified atom stereocenters. The summed E-state index contributed by atoms with van der Waals surface area (Å²) in [4.78, 5) is 18.1. The van der Waals surface area contributed by atoms with E-state index in [-0.39, 0.29) is 34.7 Å². The Morgan fingerprint density at radius 3 is 2.67 bits per heavy atom. The van der Waals surface area contributed by atoms with E-state index in [4.69, 9.17) is 9.26 Å². The number of nitrogens with zero attached hydrogens (tertiary/aromatic N) is 3. The average molecular weight is 359 g/mol. The average Bonchev–Trinajstić information content (AvgIpc) is 3.08. The summed E-state index contributed by atoms with van der Waals surface area (Å²) in [6.07, 6.45) is 1.16. The first kappa shape index (κ1) is 16.8. The van der Waals surface area contributed by atoms with Crippen LogP contribution in [0.1, 0.15) is 22.2 Å². The van der Waals surface area contributed by atoms with Gasteiger partial charge in [0.2, 0.25) is 6.39 Å². The van der Waals surface area contributed by atoms with Gasteiger partial charge >= 0.3 is 5.51 Å². The van der Waals surface area contributed by atoms with Crippen molar-refractivity contribution in [2.75, 3.05) is 19.8 Å². The van der Waals surface area contributed by atoms with E-state index < -0.39 is 11.6 Å². The lowest BCUT2D eigenvalue weighted by molar-refractivity contribution is -0.0328. The van der Waals surface area contributed by atoms with E-state index in [1.807, 2.05) is 0 Å². The van der Waals surface area contributed by atoms with E-state index >= 15 is 0 Å². The van der Waals surface area contributed by atoms with Crippen molar-refractivity contribution in [1.82, 2.24) is 15.0 Å². The highest BCUT2D eigenvalue weighted by Gasteiger charge is 2.33. The number of halogens is 3. The largest absolute Gasteiger partial charge is 0.446 e. The summed E-state index contributed by atoms with van der Waals surface area (Å²) in [6.45, 7) is 0.923. The third kappa shape index (κ3) is 3.88. The summed E-state index contributed by atoms with van der Waals surface area (Å²) >= 11 is -0.222. The van der Waals surface area contributed by atoms with Crippen LogP contribution in [-0.4, -0.2) is 46.2 Å². The Labute approximate surface area is 139 Å². The van der Waals surface area contributed by atoms with Crippen LogP contribution in [0.5, 0.6) is 0 Å². The Morgan fingerprint density at radius 1 is 1.29 bits per heavy atom. The molecule has 0 bridgehead atoms. The van der Waals surface area contributed by atoms with Crippen molar-refractivity contribution >= 4 is 17.7 Å². The summed E-state index contributed by atoms with van der Waals surface area (Å²) in [5.74, 6) is 0.00366. The van der Waals surface area contributed by atoms with Crippen LogP contribution in [0.3, 0.4) is 0 Å². The molecule has 1 atom stereocenters. The molecule has 3 rings (SSSR count). The van der Waals surface area contributed by atoms with Gasteiger partial charge in [0.25, 0.3) is 5.91 Å². The van der Waals surface area contributed by atoms with Crippen LogP contribution in [0.15, 0.2) is 40.1 Å². The van der Waals surface area contributed by atoms with E-state index in [0.29, 0.717) is 19.0 Å². The molecule has 0 N–H and O–H groups in total. The first-order valence-electron chi connectivity index (χ1n) is 6.95. The Kier molecular flexibility index (Phi) is 4.76. The molecule has 1 amide bonds. The molecular formula is C14H12F3N3O3S. The minimum absolute atomic E-state index is 0.0238. The molecule has 1 aliphatic rings. The Morgan fingerprint density at radius 2 is 2.04 bits per heavy atom. The summed E-state index contributed by atoms with van der Waals surface area (Å²) in [7, 11) is 0. The summed E-state index contributed by atoms with van der Waals surface area (Å²) in [5.41, 5.74) is -4.07. The zero-order chi connectivity index (χ0) is 17.2. The molecule has 0 spiro atoms. The number of hydrogen-bond acceptors (Lipinski definition) is 6. The second kappa shape index (κ2) is 6.81. The molecule has 1 aliphatic heterocycles. The lowest BCUT2D eigenvalue weighted by Crippen LogP contribution is -2.43. The second-order valence-corrected chi connectivity index (χ2v) is 6.09. The summed E-state index contributed by atoms with van der Waals surface area (Å²) in [5, 5.41) is 3.73. The first-order chi connectivity index (χ1) is 11.4. The van der Waals surface area contributed by atoms with Gasteiger partial charge in [-0.05, 0) is 36.0 Å². The number of carbonyl (C=O) groups excluding carboxylic acids is 1. The van der Waals surface area contributed by atoms with Gasteiger partial charge in [0, 0.05) is 17.0 Å². The third-order valence-corrected chi connectivity index (χ3v) is 4.14. The van der Waals surface area contributed by atoms with Crippen LogP contribution in [0.4, 0.5) is 13.2 Å². The molecule has 24 heavy (non-hydrogen) atoms. The lowest BCUT2D eigenvalue weighted by Gasteiger charge is -2.33. The second-order valence-electron chi connectivity index (χ2n) is 4.95. The van der Waals surface area contributed by atoms with Gasteiger partial charge in [0.15, 0.2) is 5.82 Å². The molecule has 1 aromatic carbocycles. The number of benzene rings is 1. The number of morpholine rings is 1. The predicted molar refractivity (Wildman–Crippen MR) is 77.2 cm³/mol. The zero-order valence-corrected chi connectivity index (χ0v) is 13.0. The molecule has 0 radical (unpaired) electrons. The number of hydrogen-bond donors (Lipinski definition) is 0. The first-order valence-corrected chi connectivity index (χ1v) is 7.76. The predicted octanol–water partition coefficient (Wildman–Crippen LogP) is 2.90. The van der Waals surface area contributed by atoms with Gasteiger partial charge in [0.1, 0.15) is 6.04 Å². The topological polar surface area (TPSA) is 68.5 Å². The van der Waals surface area contributed by atoms with Crippen molar-refractivity contribution in [2.24, 2.45) is 0 Å². The van der Waals surface area contributed by atoms with Crippen LogP contribution in [0.25, 0.3) is 0 Å². The molecule has 10 heteroatoms. The molecule has 2 heterocycles. The fraction of sp³-hybridized carbons (Fsp3) is 0.357.